The van der Waals surface area contributed by atoms with Gasteiger partial charge in [0.2, 0.25) is 0 Å². The maximum Gasteiger partial charge on any atom is 0.267 e. The lowest BCUT2D eigenvalue weighted by molar-refractivity contribution is -0.870. The molecule has 0 fully saturated rings. The average Bonchev–Trinajstić information content (AvgIpc) is 2.77. The molecule has 34 heavy (non-hydrogen) atoms. The third-order valence-corrected chi connectivity index (χ3v) is 5.83. The topological polar surface area (TPSA) is 58.6 Å². The first kappa shape index (κ1) is 32.0. The molecule has 0 spiro atoms. The number of unbranched alkanes of at least 4 members (excludes halogenated alkanes) is 10. The van der Waals surface area contributed by atoms with Crippen LogP contribution in [-0.2, 0) is 13.6 Å². The van der Waals surface area contributed by atoms with E-state index in [1.54, 1.807) is 0 Å². The van der Waals surface area contributed by atoms with Gasteiger partial charge in [-0.05, 0) is 60.9 Å². The number of quaternary nitrogens is 1. The maximum atomic E-state index is 11.7. The summed E-state index contributed by atoms with van der Waals surface area (Å²) < 4.78 is 22.3. The van der Waals surface area contributed by atoms with E-state index in [0.717, 1.165) is 36.7 Å². The Balaban J connectivity index is 3.46. The highest BCUT2D eigenvalue weighted by Gasteiger charge is 2.11. The van der Waals surface area contributed by atoms with Crippen molar-refractivity contribution in [3.8, 4) is 47.9 Å². The highest BCUT2D eigenvalue weighted by molar-refractivity contribution is 7.45. The summed E-state index contributed by atoms with van der Waals surface area (Å²) in [6.45, 7) is 1.25. The standard InChI is InChI=1S/C28H42NO4P/c1-5-6-7-8-9-10-11-12-13-14-15-16-17-18-19-20-21-22-23-24-27-32-34(30,31)33-28-25-26-29(2,3)4/h1,12-13H,14-28H2,2-4H3/b13-12-. The van der Waals surface area contributed by atoms with Crippen LogP contribution in [0.15, 0.2) is 12.2 Å². The Kier molecular flexibility index (Phi) is 20.3. The van der Waals surface area contributed by atoms with Crippen molar-refractivity contribution in [3.05, 3.63) is 12.2 Å². The van der Waals surface area contributed by atoms with Crippen LogP contribution in [0.2, 0.25) is 0 Å². The quantitative estimate of drug-likeness (QED) is 0.110. The molecule has 0 heterocycles. The summed E-state index contributed by atoms with van der Waals surface area (Å²) in [5.74, 6) is 17.8. The van der Waals surface area contributed by atoms with E-state index in [1.807, 2.05) is 6.08 Å². The minimum absolute atomic E-state index is 0.183. The van der Waals surface area contributed by atoms with Crippen molar-refractivity contribution in [2.24, 2.45) is 0 Å². The molecule has 0 aliphatic carbocycles. The molecule has 0 N–H and O–H groups in total. The van der Waals surface area contributed by atoms with E-state index in [1.165, 1.54) is 44.9 Å². The van der Waals surface area contributed by atoms with Gasteiger partial charge in [0.25, 0.3) is 7.82 Å². The van der Waals surface area contributed by atoms with Gasteiger partial charge in [-0.3, -0.25) is 4.57 Å². The van der Waals surface area contributed by atoms with Crippen molar-refractivity contribution in [1.82, 2.24) is 0 Å². The lowest BCUT2D eigenvalue weighted by Gasteiger charge is -2.26. The molecule has 0 saturated carbocycles. The van der Waals surface area contributed by atoms with Gasteiger partial charge in [-0.25, -0.2) is 0 Å². The molecule has 188 valence electrons. The molecule has 0 bridgehead atoms. The minimum atomic E-state index is -4.15. The highest BCUT2D eigenvalue weighted by atomic mass is 31.2. The number of allylic oxidation sites excluding steroid dienone is 2. The van der Waals surface area contributed by atoms with E-state index in [2.05, 4.69) is 68.7 Å². The first-order chi connectivity index (χ1) is 16.3. The first-order valence-corrected chi connectivity index (χ1v) is 13.7. The third-order valence-electron chi connectivity index (χ3n) is 4.83. The lowest BCUT2D eigenvalue weighted by atomic mass is 10.1. The molecule has 0 saturated heterocycles. The molecule has 0 rings (SSSR count). The number of rotatable bonds is 19. The van der Waals surface area contributed by atoms with Gasteiger partial charge in [0.15, 0.2) is 0 Å². The van der Waals surface area contributed by atoms with E-state index >= 15 is 0 Å². The number of hydrogen-bond donors (Lipinski definition) is 0. The van der Waals surface area contributed by atoms with Crippen LogP contribution in [0.3, 0.4) is 0 Å². The van der Waals surface area contributed by atoms with Gasteiger partial charge in [-0.1, -0.05) is 63.4 Å². The SMILES string of the molecule is C#CC#CC#CC#C/C=C\CCCCCCCCCCCCOP(=O)([O-])OCCC[N+](C)(C)C. The largest absolute Gasteiger partial charge is 0.756 e. The van der Waals surface area contributed by atoms with Gasteiger partial charge >= 0.3 is 0 Å². The lowest BCUT2D eigenvalue weighted by Crippen LogP contribution is -2.35. The van der Waals surface area contributed by atoms with Crippen LogP contribution in [0.4, 0.5) is 0 Å². The van der Waals surface area contributed by atoms with E-state index in [4.69, 9.17) is 15.5 Å². The van der Waals surface area contributed by atoms with Gasteiger partial charge in [0.05, 0.1) is 40.9 Å². The van der Waals surface area contributed by atoms with Crippen LogP contribution in [0.5, 0.6) is 0 Å². The molecular weight excluding hydrogens is 445 g/mol. The Labute approximate surface area is 208 Å². The fourth-order valence-corrected chi connectivity index (χ4v) is 3.84. The van der Waals surface area contributed by atoms with Crippen LogP contribution in [0.1, 0.15) is 77.0 Å². The predicted octanol–water partition coefficient (Wildman–Crippen LogP) is 5.08. The fourth-order valence-electron chi connectivity index (χ4n) is 3.06. The summed E-state index contributed by atoms with van der Waals surface area (Å²) in [4.78, 5) is 11.7. The summed E-state index contributed by atoms with van der Waals surface area (Å²) in [5, 5.41) is 0. The molecule has 0 radical (unpaired) electrons. The summed E-state index contributed by atoms with van der Waals surface area (Å²) in [5.41, 5.74) is 0. The maximum absolute atomic E-state index is 11.7. The molecule has 6 heteroatoms. The smallest absolute Gasteiger partial charge is 0.267 e. The van der Waals surface area contributed by atoms with Crippen molar-refractivity contribution in [2.45, 2.75) is 77.0 Å². The number of phosphoric acid groups is 1. The molecule has 0 aliphatic rings. The molecule has 1 unspecified atom stereocenters. The van der Waals surface area contributed by atoms with E-state index < -0.39 is 7.82 Å². The Morgan fingerprint density at radius 2 is 1.26 bits per heavy atom. The highest BCUT2D eigenvalue weighted by Crippen LogP contribution is 2.38. The van der Waals surface area contributed by atoms with E-state index in [9.17, 15) is 9.46 Å². The molecule has 5 nitrogen and oxygen atoms in total. The monoisotopic (exact) mass is 487 g/mol. The first-order valence-electron chi connectivity index (χ1n) is 12.3. The fraction of sp³-hybridized carbons (Fsp3) is 0.643. The van der Waals surface area contributed by atoms with Crippen LogP contribution < -0.4 is 4.89 Å². The van der Waals surface area contributed by atoms with Crippen molar-refractivity contribution in [1.29, 1.82) is 0 Å². The summed E-state index contributed by atoms with van der Waals surface area (Å²) >= 11 is 0. The van der Waals surface area contributed by atoms with Crippen LogP contribution in [-0.4, -0.2) is 45.4 Å². The van der Waals surface area contributed by atoms with Crippen LogP contribution in [0, 0.1) is 47.9 Å². The van der Waals surface area contributed by atoms with Crippen LogP contribution in [0.25, 0.3) is 0 Å². The van der Waals surface area contributed by atoms with Gasteiger partial charge in [-0.15, -0.1) is 6.42 Å². The molecular formula is C28H42NO4P. The number of hydrogen-bond acceptors (Lipinski definition) is 4. The third kappa shape index (κ3) is 26.3. The van der Waals surface area contributed by atoms with Crippen molar-refractivity contribution < 1.29 is 23.0 Å². The molecule has 0 aromatic rings. The zero-order valence-electron chi connectivity index (χ0n) is 21.4. The van der Waals surface area contributed by atoms with Crippen molar-refractivity contribution in [2.75, 3.05) is 40.9 Å². The molecule has 0 amide bonds. The molecule has 0 aromatic heterocycles. The Morgan fingerprint density at radius 1 is 0.765 bits per heavy atom. The zero-order chi connectivity index (χ0) is 25.4. The summed E-state index contributed by atoms with van der Waals surface area (Å²) in [6, 6.07) is 0. The molecule has 0 aromatic carbocycles. The Morgan fingerprint density at radius 3 is 1.85 bits per heavy atom. The minimum Gasteiger partial charge on any atom is -0.756 e. The Bertz CT molecular complexity index is 832. The van der Waals surface area contributed by atoms with Gasteiger partial charge in [0, 0.05) is 6.42 Å². The number of terminal acetylenes is 1. The Hall–Kier alpha value is -1.95. The van der Waals surface area contributed by atoms with E-state index in [-0.39, 0.29) is 13.2 Å². The normalized spacial score (nSPS) is 12.4. The molecule has 0 aliphatic heterocycles. The average molecular weight is 488 g/mol. The second-order valence-corrected chi connectivity index (χ2v) is 10.5. The number of nitrogens with zero attached hydrogens (tertiary/aromatic N) is 1. The van der Waals surface area contributed by atoms with Gasteiger partial charge in [0.1, 0.15) is 0 Å². The number of phosphoric ester groups is 1. The predicted molar refractivity (Wildman–Crippen MR) is 139 cm³/mol. The van der Waals surface area contributed by atoms with Crippen molar-refractivity contribution in [3.63, 3.8) is 0 Å². The molecule has 1 atom stereocenters. The second kappa shape index (κ2) is 21.6. The van der Waals surface area contributed by atoms with E-state index in [0.29, 0.717) is 6.42 Å². The second-order valence-electron chi connectivity index (χ2n) is 9.12. The van der Waals surface area contributed by atoms with Gasteiger partial charge < -0.3 is 18.4 Å². The van der Waals surface area contributed by atoms with Crippen molar-refractivity contribution >= 4 is 7.82 Å². The summed E-state index contributed by atoms with van der Waals surface area (Å²) in [6.07, 6.45) is 22.1. The van der Waals surface area contributed by atoms with Gasteiger partial charge in [-0.2, -0.15) is 0 Å². The van der Waals surface area contributed by atoms with Crippen LogP contribution >= 0.6 is 7.82 Å². The summed E-state index contributed by atoms with van der Waals surface area (Å²) in [7, 11) is 2.03. The zero-order valence-corrected chi connectivity index (χ0v) is 22.3.